The maximum absolute atomic E-state index is 13.9. The molecule has 3 N–H and O–H groups in total. The Morgan fingerprint density at radius 3 is 1.90 bits per heavy atom. The molecule has 0 spiro atoms. The highest BCUT2D eigenvalue weighted by atomic mass is 28.3. The van der Waals surface area contributed by atoms with Crippen LogP contribution in [0.4, 0.5) is 8.78 Å². The number of carbonyl (C=O) groups excluding carboxylic acids is 2. The molecule has 360 valence electrons. The van der Waals surface area contributed by atoms with Gasteiger partial charge in [-0.1, -0.05) is 19.6 Å². The summed E-state index contributed by atoms with van der Waals surface area (Å²) in [7, 11) is 2.24. The predicted molar refractivity (Wildman–Crippen MR) is 261 cm³/mol. The van der Waals surface area contributed by atoms with Crippen LogP contribution in [0.15, 0.2) is 61.2 Å². The minimum Gasteiger partial charge on any atom is -0.361 e. The maximum Gasteiger partial charge on any atom is 0.255 e. The molecule has 8 aromatic rings. The minimum atomic E-state index is -1.25. The predicted octanol–water partition coefficient (Wildman–Crippen LogP) is 5.74. The van der Waals surface area contributed by atoms with Crippen molar-refractivity contribution in [3.63, 3.8) is 0 Å². The molecule has 2 amide bonds. The molecule has 0 unspecified atom stereocenters. The van der Waals surface area contributed by atoms with Gasteiger partial charge in [-0.05, 0) is 55.3 Å². The number of carbonyl (C=O) groups is 2. The van der Waals surface area contributed by atoms with Gasteiger partial charge in [0.1, 0.15) is 52.2 Å². The summed E-state index contributed by atoms with van der Waals surface area (Å²) in [5.41, 5.74) is 6.15. The first-order valence-corrected chi connectivity index (χ1v) is 26.7. The van der Waals surface area contributed by atoms with E-state index in [0.29, 0.717) is 100 Å². The fourth-order valence-corrected chi connectivity index (χ4v) is 9.66. The van der Waals surface area contributed by atoms with Crippen LogP contribution in [-0.4, -0.2) is 137 Å². The molecular weight excluding hydrogens is 915 g/mol. The summed E-state index contributed by atoms with van der Waals surface area (Å²) in [6, 6.07) is 14.2. The third-order valence-corrected chi connectivity index (χ3v) is 14.3. The van der Waals surface area contributed by atoms with Crippen molar-refractivity contribution in [3.05, 3.63) is 83.9 Å². The van der Waals surface area contributed by atoms with Gasteiger partial charge >= 0.3 is 0 Å². The first kappa shape index (κ1) is 47.6. The molecule has 19 nitrogen and oxygen atoms in total. The van der Waals surface area contributed by atoms with E-state index in [1.165, 1.54) is 24.3 Å². The number of amides is 2. The molecule has 0 bridgehead atoms. The van der Waals surface area contributed by atoms with Crippen molar-refractivity contribution in [3.8, 4) is 34.9 Å². The van der Waals surface area contributed by atoms with E-state index in [1.807, 2.05) is 14.4 Å². The number of fused-ring (bicyclic) bond motifs is 4. The Bertz CT molecular complexity index is 3360. The largest absolute Gasteiger partial charge is 0.361 e. The van der Waals surface area contributed by atoms with E-state index in [0.717, 1.165) is 42.7 Å². The average molecular weight is 967 g/mol. The van der Waals surface area contributed by atoms with Crippen LogP contribution in [0.5, 0.6) is 0 Å². The first-order chi connectivity index (χ1) is 33.7. The van der Waals surface area contributed by atoms with Gasteiger partial charge in [0.2, 0.25) is 0 Å². The number of H-pyrrole nitrogens is 1. The molecule has 2 saturated heterocycles. The van der Waals surface area contributed by atoms with Crippen LogP contribution in [-0.2, 0) is 25.6 Å². The fraction of sp³-hybridized carbons (Fsp3) is 0.375. The highest BCUT2D eigenvalue weighted by Crippen LogP contribution is 2.31. The Morgan fingerprint density at radius 2 is 1.34 bits per heavy atom. The zero-order chi connectivity index (χ0) is 49.3. The number of aromatic nitrogens is 10. The van der Waals surface area contributed by atoms with Crippen molar-refractivity contribution in [2.45, 2.75) is 57.3 Å². The Morgan fingerprint density at radius 1 is 0.800 bits per heavy atom. The minimum absolute atomic E-state index is 0.0171. The zero-order valence-electron chi connectivity index (χ0n) is 39.5. The number of aromatic amines is 1. The zero-order valence-corrected chi connectivity index (χ0v) is 40.5. The molecule has 0 saturated carbocycles. The third-order valence-electron chi connectivity index (χ3n) is 12.6. The van der Waals surface area contributed by atoms with Gasteiger partial charge in [0.25, 0.3) is 11.8 Å². The van der Waals surface area contributed by atoms with Crippen LogP contribution < -0.4 is 10.6 Å². The molecule has 6 aromatic heterocycles. The summed E-state index contributed by atoms with van der Waals surface area (Å²) >= 11 is 0. The Balaban J connectivity index is 0.000000178. The SMILES string of the molecule is Cn1nc(-c2cnc3[nH]cc(C(=O)N[C@@H]4CCN(CC#N)C4)c3n2)c2ccc(F)cc21.Cn1nc(-c2cnc3c(n2)c(C(=O)N[C@@H]2CCN(CC#N)C2)cn3COCC[Si](C)(C)C)c2ccc(F)cc21. The molecule has 10 rings (SSSR count). The van der Waals surface area contributed by atoms with E-state index in [9.17, 15) is 18.4 Å². The standard InChI is InChI=1S/C27H33FN8O2Si.C21H19FN8O/c1-34-23-13-18(28)5-6-20(23)24(33-34)22-14-30-26-25(32-22)21(16-36(26)17-38-11-12-39(2,3)4)27(37)31-19-7-9-35(15-19)10-8-29;1-29-17-8-12(22)2-3-14(17)18(28-29)16-10-25-20-19(27-16)15(9-24-20)21(31)26-13-4-6-30(11-13)7-5-23/h5-6,13-14,16,19H,7,9-12,15,17H2,1-4H3,(H,31,37);2-3,8-10,13H,4,6-7,11H2,1H3,(H,24,25)(H,26,31)/t19-;13-/m11/s1. The summed E-state index contributed by atoms with van der Waals surface area (Å²) in [4.78, 5) is 52.0. The van der Waals surface area contributed by atoms with E-state index < -0.39 is 8.07 Å². The summed E-state index contributed by atoms with van der Waals surface area (Å²) < 4.78 is 38.5. The van der Waals surface area contributed by atoms with E-state index >= 15 is 0 Å². The number of hydrogen-bond acceptors (Lipinski definition) is 13. The Hall–Kier alpha value is -7.50. The number of hydrogen-bond donors (Lipinski definition) is 3. The number of rotatable bonds is 13. The van der Waals surface area contributed by atoms with E-state index in [4.69, 9.17) is 20.2 Å². The number of benzene rings is 2. The van der Waals surface area contributed by atoms with Crippen LogP contribution in [0.25, 0.3) is 66.9 Å². The highest BCUT2D eigenvalue weighted by Gasteiger charge is 2.28. The topological polar surface area (TPSA) is 229 Å². The van der Waals surface area contributed by atoms with Crippen LogP contribution in [0.1, 0.15) is 33.6 Å². The number of halogens is 2. The summed E-state index contributed by atoms with van der Waals surface area (Å²) in [6.45, 7) is 11.3. The van der Waals surface area contributed by atoms with Crippen molar-refractivity contribution in [1.82, 2.24) is 69.5 Å². The second-order valence-electron chi connectivity index (χ2n) is 18.9. The molecule has 0 aliphatic carbocycles. The normalized spacial score (nSPS) is 16.5. The number of nitrogens with zero attached hydrogens (tertiary/aromatic N) is 13. The second-order valence-corrected chi connectivity index (χ2v) is 24.5. The second kappa shape index (κ2) is 19.8. The lowest BCUT2D eigenvalue weighted by molar-refractivity contribution is 0.0889. The molecule has 2 aliphatic rings. The van der Waals surface area contributed by atoms with E-state index in [2.05, 4.69) is 72.5 Å². The smallest absolute Gasteiger partial charge is 0.255 e. The molecule has 2 aromatic carbocycles. The van der Waals surface area contributed by atoms with Gasteiger partial charge in [-0.15, -0.1) is 0 Å². The summed E-state index contributed by atoms with van der Waals surface area (Å²) in [5.74, 6) is -1.17. The van der Waals surface area contributed by atoms with Crippen LogP contribution in [0, 0.1) is 34.3 Å². The van der Waals surface area contributed by atoms with E-state index in [-0.39, 0.29) is 42.3 Å². The molecular formula is C48H52F2N16O3Si. The fourth-order valence-electron chi connectivity index (χ4n) is 8.90. The van der Waals surface area contributed by atoms with Crippen molar-refractivity contribution in [2.24, 2.45) is 14.1 Å². The van der Waals surface area contributed by atoms with Gasteiger partial charge in [0.05, 0.1) is 59.8 Å². The summed E-state index contributed by atoms with van der Waals surface area (Å²) in [6.07, 6.45) is 8.12. The number of likely N-dealkylation sites (tertiary alicyclic amines) is 2. The van der Waals surface area contributed by atoms with Crippen molar-refractivity contribution < 1.29 is 23.1 Å². The highest BCUT2D eigenvalue weighted by molar-refractivity contribution is 6.76. The van der Waals surface area contributed by atoms with Crippen molar-refractivity contribution >= 4 is 64.0 Å². The Labute approximate surface area is 402 Å². The van der Waals surface area contributed by atoms with Crippen molar-refractivity contribution in [2.75, 3.05) is 45.9 Å². The van der Waals surface area contributed by atoms with Gasteiger partial charge in [0.15, 0.2) is 11.3 Å². The van der Waals surface area contributed by atoms with Crippen LogP contribution in [0.3, 0.4) is 0 Å². The number of nitrogens with one attached hydrogen (secondary N) is 3. The molecule has 0 radical (unpaired) electrons. The van der Waals surface area contributed by atoms with Crippen LogP contribution >= 0.6 is 0 Å². The molecule has 70 heavy (non-hydrogen) atoms. The lowest BCUT2D eigenvalue weighted by Crippen LogP contribution is -2.37. The molecule has 2 fully saturated rings. The molecule has 2 aliphatic heterocycles. The monoisotopic (exact) mass is 966 g/mol. The number of ether oxygens (including phenoxy) is 1. The third kappa shape index (κ3) is 10.1. The number of aryl methyl sites for hydroxylation is 2. The summed E-state index contributed by atoms with van der Waals surface area (Å²) in [5, 5.41) is 34.5. The van der Waals surface area contributed by atoms with Gasteiger partial charge in [0, 0.05) is 90.2 Å². The average Bonchev–Trinajstić information content (AvgIpc) is 4.20. The van der Waals surface area contributed by atoms with Gasteiger partial charge < -0.3 is 24.9 Å². The van der Waals surface area contributed by atoms with Crippen LogP contribution in [0.2, 0.25) is 25.7 Å². The molecule has 22 heteroatoms. The number of nitriles is 2. The van der Waals surface area contributed by atoms with Crippen molar-refractivity contribution in [1.29, 1.82) is 10.5 Å². The maximum atomic E-state index is 13.9. The Kier molecular flexibility index (Phi) is 13.5. The lowest BCUT2D eigenvalue weighted by Gasteiger charge is -2.15. The molecule has 8 heterocycles. The van der Waals surface area contributed by atoms with Gasteiger partial charge in [-0.3, -0.25) is 28.8 Å². The first-order valence-electron chi connectivity index (χ1n) is 23.0. The van der Waals surface area contributed by atoms with Gasteiger partial charge in [-0.2, -0.15) is 20.7 Å². The van der Waals surface area contributed by atoms with Gasteiger partial charge in [-0.25, -0.2) is 28.7 Å². The lowest BCUT2D eigenvalue weighted by atomic mass is 10.1. The van der Waals surface area contributed by atoms with E-state index in [1.54, 1.807) is 60.4 Å². The quantitative estimate of drug-likeness (QED) is 0.0712. The molecule has 2 atom stereocenters.